The number of amides is 1. The maximum Gasteiger partial charge on any atom is 0.410 e. The first-order chi connectivity index (χ1) is 16.1. The maximum atomic E-state index is 13.0. The number of nitrogens with zero attached hydrogens (tertiary/aromatic N) is 2. The van der Waals surface area contributed by atoms with Crippen LogP contribution in [-0.4, -0.2) is 36.0 Å². The van der Waals surface area contributed by atoms with Gasteiger partial charge in [0, 0.05) is 11.0 Å². The number of amidine groups is 1. The fourth-order valence-corrected chi connectivity index (χ4v) is 5.51. The highest BCUT2D eigenvalue weighted by molar-refractivity contribution is 9.10. The summed E-state index contributed by atoms with van der Waals surface area (Å²) in [4.78, 5) is 19.8. The number of likely N-dealkylation sites (tertiary alicyclic amines) is 1. The van der Waals surface area contributed by atoms with Gasteiger partial charge < -0.3 is 10.1 Å². The van der Waals surface area contributed by atoms with E-state index in [9.17, 15) is 4.79 Å². The lowest BCUT2D eigenvalue weighted by Crippen LogP contribution is -2.45. The van der Waals surface area contributed by atoms with E-state index in [1.165, 1.54) is 29.2 Å². The maximum absolute atomic E-state index is 13.0. The standard InChI is InChI=1S/C27H26BrN3O2/c28-22-9-8-19-12-21(7-6-20(19)13-22)23-15-29-25(30-23)24-14-27(10-11-27)17-31(24)26(32)33-16-18-4-2-1-3-5-18/h1-9,12-13,23-24H,10-11,14-17H2,(H,29,30)/t23?,24-/m0/s1. The molecule has 1 aliphatic carbocycles. The van der Waals surface area contributed by atoms with Crippen molar-refractivity contribution in [3.8, 4) is 0 Å². The Morgan fingerprint density at radius 3 is 2.70 bits per heavy atom. The lowest BCUT2D eigenvalue weighted by molar-refractivity contribution is 0.0975. The smallest absolute Gasteiger partial charge is 0.410 e. The van der Waals surface area contributed by atoms with Crippen molar-refractivity contribution in [1.82, 2.24) is 10.2 Å². The summed E-state index contributed by atoms with van der Waals surface area (Å²) in [5.41, 5.74) is 2.48. The van der Waals surface area contributed by atoms with E-state index in [0.717, 1.165) is 28.8 Å². The van der Waals surface area contributed by atoms with Crippen LogP contribution in [0.5, 0.6) is 0 Å². The predicted octanol–water partition coefficient (Wildman–Crippen LogP) is 5.84. The highest BCUT2D eigenvalue weighted by Crippen LogP contribution is 2.55. The van der Waals surface area contributed by atoms with Crippen LogP contribution >= 0.6 is 15.9 Å². The number of hydrogen-bond acceptors (Lipinski definition) is 4. The zero-order valence-corrected chi connectivity index (χ0v) is 19.9. The number of nitrogens with one attached hydrogen (secondary N) is 1. The van der Waals surface area contributed by atoms with E-state index in [2.05, 4.69) is 57.6 Å². The molecule has 5 nitrogen and oxygen atoms in total. The molecular formula is C27H26BrN3O2. The Morgan fingerprint density at radius 2 is 1.88 bits per heavy atom. The molecule has 3 aromatic rings. The van der Waals surface area contributed by atoms with Gasteiger partial charge in [-0.1, -0.05) is 64.5 Å². The third-order valence-electron chi connectivity index (χ3n) is 7.22. The van der Waals surface area contributed by atoms with Gasteiger partial charge >= 0.3 is 6.09 Å². The van der Waals surface area contributed by atoms with Crippen molar-refractivity contribution >= 4 is 38.6 Å². The molecule has 2 fully saturated rings. The first-order valence-electron chi connectivity index (χ1n) is 11.6. The van der Waals surface area contributed by atoms with Crippen molar-refractivity contribution in [2.75, 3.05) is 13.1 Å². The minimum atomic E-state index is -0.239. The van der Waals surface area contributed by atoms with Crippen LogP contribution in [0.3, 0.4) is 0 Å². The molecule has 168 valence electrons. The number of benzene rings is 3. The van der Waals surface area contributed by atoms with E-state index in [-0.39, 0.29) is 23.6 Å². The third kappa shape index (κ3) is 4.12. The van der Waals surface area contributed by atoms with Crippen LogP contribution in [0.2, 0.25) is 0 Å². The number of halogens is 1. The molecule has 1 saturated heterocycles. The van der Waals surface area contributed by atoms with Gasteiger partial charge in [0.1, 0.15) is 12.4 Å². The number of aliphatic imine (C=N–C) groups is 1. The molecule has 1 spiro atoms. The van der Waals surface area contributed by atoms with Gasteiger partial charge in [-0.3, -0.25) is 9.89 Å². The van der Waals surface area contributed by atoms with Crippen molar-refractivity contribution < 1.29 is 9.53 Å². The first-order valence-corrected chi connectivity index (χ1v) is 12.4. The van der Waals surface area contributed by atoms with Crippen LogP contribution in [-0.2, 0) is 11.3 Å². The molecule has 0 bridgehead atoms. The highest BCUT2D eigenvalue weighted by Gasteiger charge is 2.55. The van der Waals surface area contributed by atoms with E-state index < -0.39 is 0 Å². The van der Waals surface area contributed by atoms with Gasteiger partial charge in [0.05, 0.1) is 18.6 Å². The Morgan fingerprint density at radius 1 is 1.09 bits per heavy atom. The van der Waals surface area contributed by atoms with Gasteiger partial charge in [-0.05, 0) is 64.8 Å². The molecule has 2 aliphatic heterocycles. The molecule has 1 amide bonds. The fraction of sp³-hybridized carbons (Fsp3) is 0.333. The average molecular weight is 504 g/mol. The van der Waals surface area contributed by atoms with Crippen molar-refractivity contribution in [1.29, 1.82) is 0 Å². The van der Waals surface area contributed by atoms with Crippen LogP contribution < -0.4 is 5.32 Å². The summed E-state index contributed by atoms with van der Waals surface area (Å²) in [6.07, 6.45) is 3.10. The number of rotatable bonds is 4. The minimum absolute atomic E-state index is 0.0304. The molecule has 1 saturated carbocycles. The molecule has 3 aliphatic rings. The Bertz CT molecular complexity index is 1240. The molecule has 33 heavy (non-hydrogen) atoms. The summed E-state index contributed by atoms with van der Waals surface area (Å²) in [6.45, 7) is 1.75. The molecule has 1 N–H and O–H groups in total. The Balaban J connectivity index is 1.16. The van der Waals surface area contributed by atoms with Crippen LogP contribution in [0.1, 0.15) is 36.4 Å². The normalized spacial score (nSPS) is 22.9. The van der Waals surface area contributed by atoms with Crippen molar-refractivity contribution in [3.63, 3.8) is 0 Å². The predicted molar refractivity (Wildman–Crippen MR) is 133 cm³/mol. The zero-order valence-electron chi connectivity index (χ0n) is 18.3. The molecule has 6 heteroatoms. The number of hydrogen-bond donors (Lipinski definition) is 1. The Kier molecular flexibility index (Phi) is 5.13. The van der Waals surface area contributed by atoms with Crippen molar-refractivity contribution in [2.24, 2.45) is 10.4 Å². The van der Waals surface area contributed by atoms with Crippen molar-refractivity contribution in [2.45, 2.75) is 38.0 Å². The highest BCUT2D eigenvalue weighted by atomic mass is 79.9. The van der Waals surface area contributed by atoms with E-state index in [4.69, 9.17) is 9.73 Å². The van der Waals surface area contributed by atoms with E-state index in [0.29, 0.717) is 13.2 Å². The van der Waals surface area contributed by atoms with Crippen molar-refractivity contribution in [3.05, 3.63) is 82.3 Å². The van der Waals surface area contributed by atoms with Crippen LogP contribution in [0.25, 0.3) is 10.8 Å². The fourth-order valence-electron chi connectivity index (χ4n) is 5.14. The second kappa shape index (κ2) is 8.17. The van der Waals surface area contributed by atoms with E-state index in [1.54, 1.807) is 0 Å². The van der Waals surface area contributed by atoms with Gasteiger partial charge in [0.2, 0.25) is 0 Å². The summed E-state index contributed by atoms with van der Waals surface area (Å²) in [7, 11) is 0. The van der Waals surface area contributed by atoms with E-state index >= 15 is 0 Å². The monoisotopic (exact) mass is 503 g/mol. The molecule has 6 rings (SSSR count). The second-order valence-electron chi connectivity index (χ2n) is 9.56. The Labute approximate surface area is 202 Å². The number of ether oxygens (including phenoxy) is 1. The van der Waals surface area contributed by atoms with Crippen LogP contribution in [0.15, 0.2) is 76.2 Å². The number of carbonyl (C=O) groups is 1. The van der Waals surface area contributed by atoms with Gasteiger partial charge in [0.15, 0.2) is 0 Å². The van der Waals surface area contributed by atoms with Crippen LogP contribution in [0, 0.1) is 5.41 Å². The molecule has 0 radical (unpaired) electrons. The van der Waals surface area contributed by atoms with Gasteiger partial charge in [-0.25, -0.2) is 4.79 Å². The summed E-state index contributed by atoms with van der Waals surface area (Å²) in [5.74, 6) is 0.927. The Hall–Kier alpha value is -2.86. The SMILES string of the molecule is O=C(OCc1ccccc1)N1CC2(CC2)C[C@H]1C1=NCC(c2ccc3cc(Br)ccc3c2)N1. The third-order valence-corrected chi connectivity index (χ3v) is 7.71. The lowest BCUT2D eigenvalue weighted by Gasteiger charge is -2.25. The number of carbonyl (C=O) groups excluding carboxylic acids is 1. The summed E-state index contributed by atoms with van der Waals surface area (Å²) >= 11 is 3.55. The van der Waals surface area contributed by atoms with Crippen LogP contribution in [0.4, 0.5) is 4.79 Å². The van der Waals surface area contributed by atoms with E-state index in [1.807, 2.05) is 35.2 Å². The lowest BCUT2D eigenvalue weighted by atomic mass is 10.0. The molecule has 1 unspecified atom stereocenters. The van der Waals surface area contributed by atoms with Gasteiger partial charge in [-0.2, -0.15) is 0 Å². The number of fused-ring (bicyclic) bond motifs is 1. The first kappa shape index (κ1) is 20.7. The second-order valence-corrected chi connectivity index (χ2v) is 10.5. The zero-order chi connectivity index (χ0) is 22.4. The molecule has 2 atom stereocenters. The average Bonchev–Trinajstić information content (AvgIpc) is 3.24. The molecule has 2 heterocycles. The van der Waals surface area contributed by atoms with Gasteiger partial charge in [-0.15, -0.1) is 0 Å². The summed E-state index contributed by atoms with van der Waals surface area (Å²) in [5, 5.41) is 6.07. The largest absolute Gasteiger partial charge is 0.445 e. The molecule has 0 aromatic heterocycles. The summed E-state index contributed by atoms with van der Waals surface area (Å²) in [6, 6.07) is 22.9. The summed E-state index contributed by atoms with van der Waals surface area (Å²) < 4.78 is 6.78. The topological polar surface area (TPSA) is 53.9 Å². The van der Waals surface area contributed by atoms with Gasteiger partial charge in [0.25, 0.3) is 0 Å². The quantitative estimate of drug-likeness (QED) is 0.486. The molecule has 3 aromatic carbocycles. The minimum Gasteiger partial charge on any atom is -0.445 e. The molecular weight excluding hydrogens is 478 g/mol.